The molecule has 2 nitrogen and oxygen atoms in total. The zero-order chi connectivity index (χ0) is 14.0. The average Bonchev–Trinajstić information content (AvgIpc) is 2.36. The highest BCUT2D eigenvalue weighted by Gasteiger charge is 2.14. The molecule has 5 heteroatoms. The zero-order valence-corrected chi connectivity index (χ0v) is 10.2. The highest BCUT2D eigenvalue weighted by Crippen LogP contribution is 2.31. The number of benzene rings is 2. The lowest BCUT2D eigenvalue weighted by Crippen LogP contribution is -2.07. The molecule has 0 saturated carbocycles. The second kappa shape index (κ2) is 5.32. The normalized spacial score (nSPS) is 12.3. The first-order valence-corrected chi connectivity index (χ1v) is 5.66. The van der Waals surface area contributed by atoms with Crippen LogP contribution in [0.2, 0.25) is 0 Å². The highest BCUT2D eigenvalue weighted by molar-refractivity contribution is 5.40. The van der Waals surface area contributed by atoms with Crippen molar-refractivity contribution >= 4 is 0 Å². The number of para-hydroxylation sites is 1. The minimum atomic E-state index is -1.06. The average molecular weight is 267 g/mol. The summed E-state index contributed by atoms with van der Waals surface area (Å²) in [6.07, 6.45) is 0. The molecule has 0 heterocycles. The fraction of sp³-hybridized carbons (Fsp3) is 0.143. The quantitative estimate of drug-likeness (QED) is 0.914. The molecule has 19 heavy (non-hydrogen) atoms. The molecule has 0 aliphatic rings. The Morgan fingerprint density at radius 2 is 1.74 bits per heavy atom. The fourth-order valence-corrected chi connectivity index (χ4v) is 1.65. The van der Waals surface area contributed by atoms with Crippen LogP contribution in [0.15, 0.2) is 36.4 Å². The molecule has 0 aromatic heterocycles. The van der Waals surface area contributed by atoms with Crippen molar-refractivity contribution in [3.63, 3.8) is 0 Å². The third-order valence-corrected chi connectivity index (χ3v) is 2.60. The predicted octanol–water partition coefficient (Wildman–Crippen LogP) is 3.92. The van der Waals surface area contributed by atoms with E-state index in [9.17, 15) is 13.2 Å². The van der Waals surface area contributed by atoms with Crippen LogP contribution >= 0.6 is 0 Å². The first-order chi connectivity index (χ1) is 8.99. The minimum Gasteiger partial charge on any atom is -0.454 e. The minimum absolute atomic E-state index is 0.00546. The maximum Gasteiger partial charge on any atom is 0.167 e. The second-order valence-electron chi connectivity index (χ2n) is 4.12. The zero-order valence-electron chi connectivity index (χ0n) is 10.2. The summed E-state index contributed by atoms with van der Waals surface area (Å²) < 4.78 is 44.9. The van der Waals surface area contributed by atoms with Crippen molar-refractivity contribution in [1.82, 2.24) is 0 Å². The lowest BCUT2D eigenvalue weighted by atomic mass is 10.1. The van der Waals surface area contributed by atoms with Crippen molar-refractivity contribution in [2.45, 2.75) is 13.0 Å². The number of ether oxygens (including phenoxy) is 1. The van der Waals surface area contributed by atoms with E-state index in [-0.39, 0.29) is 11.5 Å². The van der Waals surface area contributed by atoms with Crippen LogP contribution in [0.25, 0.3) is 0 Å². The van der Waals surface area contributed by atoms with Crippen molar-refractivity contribution < 1.29 is 17.9 Å². The van der Waals surface area contributed by atoms with E-state index in [0.717, 1.165) is 12.1 Å². The van der Waals surface area contributed by atoms with Crippen molar-refractivity contribution in [3.8, 4) is 11.5 Å². The van der Waals surface area contributed by atoms with Crippen LogP contribution in [-0.2, 0) is 0 Å². The Kier molecular flexibility index (Phi) is 3.76. The summed E-state index contributed by atoms with van der Waals surface area (Å²) >= 11 is 0. The van der Waals surface area contributed by atoms with Gasteiger partial charge in [-0.15, -0.1) is 0 Å². The molecule has 0 bridgehead atoms. The van der Waals surface area contributed by atoms with E-state index in [1.807, 2.05) is 0 Å². The van der Waals surface area contributed by atoms with Gasteiger partial charge in [0.1, 0.15) is 5.75 Å². The van der Waals surface area contributed by atoms with Crippen molar-refractivity contribution in [2.24, 2.45) is 5.73 Å². The van der Waals surface area contributed by atoms with Crippen LogP contribution in [0, 0.1) is 17.5 Å². The van der Waals surface area contributed by atoms with Gasteiger partial charge in [0.15, 0.2) is 23.2 Å². The Labute approximate surface area is 108 Å². The van der Waals surface area contributed by atoms with Crippen LogP contribution in [0.5, 0.6) is 11.5 Å². The van der Waals surface area contributed by atoms with Crippen LogP contribution < -0.4 is 10.5 Å². The van der Waals surface area contributed by atoms with Gasteiger partial charge in [-0.3, -0.25) is 0 Å². The molecule has 2 rings (SSSR count). The van der Waals surface area contributed by atoms with Crippen molar-refractivity contribution in [1.29, 1.82) is 0 Å². The third-order valence-electron chi connectivity index (χ3n) is 2.60. The second-order valence-corrected chi connectivity index (χ2v) is 4.12. The molecular weight excluding hydrogens is 255 g/mol. The van der Waals surface area contributed by atoms with Gasteiger partial charge in [0, 0.05) is 17.7 Å². The molecule has 0 aliphatic heterocycles. The summed E-state index contributed by atoms with van der Waals surface area (Å²) in [5.41, 5.74) is 6.16. The van der Waals surface area contributed by atoms with Crippen molar-refractivity contribution in [2.75, 3.05) is 0 Å². The maximum absolute atomic E-state index is 13.7. The first-order valence-electron chi connectivity index (χ1n) is 5.66. The van der Waals surface area contributed by atoms with Gasteiger partial charge in [-0.1, -0.05) is 12.1 Å². The van der Waals surface area contributed by atoms with Gasteiger partial charge in [-0.25, -0.2) is 13.2 Å². The molecular formula is C14H12F3NO. The fourth-order valence-electron chi connectivity index (χ4n) is 1.65. The standard InChI is InChI=1S/C14H12F3NO/c1-8(18)10-3-2-4-12(16)14(10)19-9-5-6-11(15)13(17)7-9/h2-8H,18H2,1H3/t8-/m1/s1. The Balaban J connectivity index is 2.40. The number of rotatable bonds is 3. The van der Waals surface area contributed by atoms with E-state index in [1.165, 1.54) is 18.2 Å². The topological polar surface area (TPSA) is 35.2 Å². The van der Waals surface area contributed by atoms with Gasteiger partial charge in [-0.2, -0.15) is 0 Å². The van der Waals surface area contributed by atoms with E-state index < -0.39 is 23.5 Å². The van der Waals surface area contributed by atoms with Crippen LogP contribution in [0.4, 0.5) is 13.2 Å². The van der Waals surface area contributed by atoms with Gasteiger partial charge in [0.25, 0.3) is 0 Å². The van der Waals surface area contributed by atoms with E-state index in [1.54, 1.807) is 13.0 Å². The van der Waals surface area contributed by atoms with Crippen molar-refractivity contribution in [3.05, 3.63) is 59.4 Å². The van der Waals surface area contributed by atoms with Crippen LogP contribution in [0.1, 0.15) is 18.5 Å². The molecule has 0 radical (unpaired) electrons. The van der Waals surface area contributed by atoms with Gasteiger partial charge < -0.3 is 10.5 Å². The van der Waals surface area contributed by atoms with E-state index in [2.05, 4.69) is 0 Å². The van der Waals surface area contributed by atoms with Gasteiger partial charge in [-0.05, 0) is 25.1 Å². The van der Waals surface area contributed by atoms with Gasteiger partial charge in [0.05, 0.1) is 0 Å². The van der Waals surface area contributed by atoms with Gasteiger partial charge >= 0.3 is 0 Å². The summed E-state index contributed by atoms with van der Waals surface area (Å²) in [6.45, 7) is 1.67. The Morgan fingerprint density at radius 1 is 1.00 bits per heavy atom. The highest BCUT2D eigenvalue weighted by atomic mass is 19.2. The number of halogens is 3. The van der Waals surface area contributed by atoms with Crippen LogP contribution in [0.3, 0.4) is 0 Å². The predicted molar refractivity (Wildman–Crippen MR) is 65.4 cm³/mol. The Hall–Kier alpha value is -2.01. The number of nitrogens with two attached hydrogens (primary N) is 1. The number of hydrogen-bond acceptors (Lipinski definition) is 2. The largest absolute Gasteiger partial charge is 0.454 e. The smallest absolute Gasteiger partial charge is 0.167 e. The summed E-state index contributed by atoms with van der Waals surface area (Å²) in [5.74, 6) is -2.74. The summed E-state index contributed by atoms with van der Waals surface area (Å²) in [7, 11) is 0. The molecule has 100 valence electrons. The molecule has 0 saturated heterocycles. The monoisotopic (exact) mass is 267 g/mol. The molecule has 0 aliphatic carbocycles. The lowest BCUT2D eigenvalue weighted by Gasteiger charge is -2.14. The molecule has 2 aromatic rings. The van der Waals surface area contributed by atoms with Gasteiger partial charge in [0.2, 0.25) is 0 Å². The summed E-state index contributed by atoms with van der Waals surface area (Å²) in [6, 6.07) is 6.87. The first kappa shape index (κ1) is 13.4. The summed E-state index contributed by atoms with van der Waals surface area (Å²) in [5, 5.41) is 0. The SMILES string of the molecule is C[C@@H](N)c1cccc(F)c1Oc1ccc(F)c(F)c1. The number of hydrogen-bond donors (Lipinski definition) is 1. The molecule has 1 atom stereocenters. The third kappa shape index (κ3) is 2.88. The molecule has 2 aromatic carbocycles. The molecule has 0 fully saturated rings. The summed E-state index contributed by atoms with van der Waals surface area (Å²) in [4.78, 5) is 0. The molecule has 0 spiro atoms. The van der Waals surface area contributed by atoms with E-state index >= 15 is 0 Å². The Bertz CT molecular complexity index is 599. The molecule has 2 N–H and O–H groups in total. The van der Waals surface area contributed by atoms with Crippen LogP contribution in [-0.4, -0.2) is 0 Å². The lowest BCUT2D eigenvalue weighted by molar-refractivity contribution is 0.424. The Morgan fingerprint density at radius 3 is 2.37 bits per heavy atom. The molecule has 0 amide bonds. The maximum atomic E-state index is 13.7. The molecule has 0 unspecified atom stereocenters. The van der Waals surface area contributed by atoms with E-state index in [4.69, 9.17) is 10.5 Å². The van der Waals surface area contributed by atoms with E-state index in [0.29, 0.717) is 5.56 Å².